The van der Waals surface area contributed by atoms with E-state index >= 15 is 0 Å². The zero-order valence-electron chi connectivity index (χ0n) is 18.6. The summed E-state index contributed by atoms with van der Waals surface area (Å²) in [4.78, 5) is 16.4. The van der Waals surface area contributed by atoms with Crippen LogP contribution >= 0.6 is 11.3 Å². The van der Waals surface area contributed by atoms with E-state index in [0.29, 0.717) is 30.9 Å². The number of amides is 1. The molecule has 0 bridgehead atoms. The van der Waals surface area contributed by atoms with Crippen LogP contribution in [0, 0.1) is 0 Å². The van der Waals surface area contributed by atoms with E-state index in [9.17, 15) is 13.2 Å². The van der Waals surface area contributed by atoms with Gasteiger partial charge in [0.25, 0.3) is 15.9 Å². The van der Waals surface area contributed by atoms with Gasteiger partial charge < -0.3 is 9.64 Å². The molecule has 4 rings (SSSR count). The molecule has 2 heterocycles. The lowest BCUT2D eigenvalue weighted by atomic mass is 10.1. The van der Waals surface area contributed by atoms with Crippen molar-refractivity contribution < 1.29 is 17.9 Å². The standard InChI is InChI=1S/C25H28N2O4S2/c1-2-27(21-8-4-3-5-9-21)33(29,30)24-14-12-20(13-15-24)25(28)26(18-22-10-6-16-31-22)19-23-11-7-17-32-23/h3-5,7-9,11-15,17,22H,2,6,10,16,18-19H2,1H3. The van der Waals surface area contributed by atoms with Gasteiger partial charge in [-0.3, -0.25) is 9.10 Å². The second-order valence-electron chi connectivity index (χ2n) is 7.93. The molecule has 0 N–H and O–H groups in total. The molecule has 1 aliphatic rings. The number of ether oxygens (including phenoxy) is 1. The minimum Gasteiger partial charge on any atom is -0.376 e. The van der Waals surface area contributed by atoms with E-state index in [4.69, 9.17) is 4.74 Å². The number of hydrogen-bond acceptors (Lipinski definition) is 5. The summed E-state index contributed by atoms with van der Waals surface area (Å²) in [5.41, 5.74) is 1.07. The van der Waals surface area contributed by atoms with E-state index in [1.165, 1.54) is 16.4 Å². The molecule has 6 nitrogen and oxygen atoms in total. The maximum atomic E-state index is 13.3. The number of benzene rings is 2. The molecule has 1 amide bonds. The summed E-state index contributed by atoms with van der Waals surface area (Å²) >= 11 is 1.61. The number of carbonyl (C=O) groups excluding carboxylic acids is 1. The summed E-state index contributed by atoms with van der Waals surface area (Å²) < 4.78 is 33.6. The first-order valence-corrected chi connectivity index (χ1v) is 13.4. The van der Waals surface area contributed by atoms with Crippen LogP contribution < -0.4 is 4.31 Å². The van der Waals surface area contributed by atoms with Crippen molar-refractivity contribution >= 4 is 33.0 Å². The fourth-order valence-electron chi connectivity index (χ4n) is 4.01. The van der Waals surface area contributed by atoms with Gasteiger partial charge in [0.05, 0.1) is 23.2 Å². The van der Waals surface area contributed by atoms with Crippen molar-refractivity contribution in [2.75, 3.05) is 24.0 Å². The van der Waals surface area contributed by atoms with Crippen LogP contribution in [-0.4, -0.2) is 45.0 Å². The molecular formula is C25H28N2O4S2. The van der Waals surface area contributed by atoms with Gasteiger partial charge >= 0.3 is 0 Å². The normalized spacial score (nSPS) is 16.0. The molecule has 3 aromatic rings. The highest BCUT2D eigenvalue weighted by atomic mass is 32.2. The second kappa shape index (κ2) is 10.5. The van der Waals surface area contributed by atoms with Crippen LogP contribution in [0.4, 0.5) is 5.69 Å². The van der Waals surface area contributed by atoms with Crippen LogP contribution in [0.2, 0.25) is 0 Å². The Balaban J connectivity index is 1.55. The number of nitrogens with zero attached hydrogens (tertiary/aromatic N) is 2. The summed E-state index contributed by atoms with van der Waals surface area (Å²) in [6.07, 6.45) is 1.99. The third-order valence-electron chi connectivity index (χ3n) is 5.68. The summed E-state index contributed by atoms with van der Waals surface area (Å²) in [6, 6.07) is 19.2. The Hall–Kier alpha value is -2.68. The van der Waals surface area contributed by atoms with Crippen LogP contribution in [0.15, 0.2) is 77.0 Å². The first-order valence-electron chi connectivity index (χ1n) is 11.1. The van der Waals surface area contributed by atoms with E-state index < -0.39 is 10.0 Å². The molecule has 33 heavy (non-hydrogen) atoms. The minimum atomic E-state index is -3.74. The first-order chi connectivity index (χ1) is 16.0. The largest absolute Gasteiger partial charge is 0.376 e. The van der Waals surface area contributed by atoms with Crippen LogP contribution in [0.1, 0.15) is 35.0 Å². The molecule has 174 valence electrons. The Kier molecular flexibility index (Phi) is 7.47. The Morgan fingerprint density at radius 2 is 1.82 bits per heavy atom. The lowest BCUT2D eigenvalue weighted by Crippen LogP contribution is -2.36. The smallest absolute Gasteiger partial charge is 0.264 e. The number of para-hydroxylation sites is 1. The molecule has 1 aliphatic heterocycles. The van der Waals surface area contributed by atoms with E-state index in [0.717, 1.165) is 24.3 Å². The highest BCUT2D eigenvalue weighted by molar-refractivity contribution is 7.92. The van der Waals surface area contributed by atoms with Gasteiger partial charge in [-0.2, -0.15) is 0 Å². The molecule has 1 fully saturated rings. The van der Waals surface area contributed by atoms with Gasteiger partial charge in [-0.1, -0.05) is 24.3 Å². The maximum Gasteiger partial charge on any atom is 0.264 e. The van der Waals surface area contributed by atoms with Gasteiger partial charge in [0.2, 0.25) is 0 Å². The highest BCUT2D eigenvalue weighted by Gasteiger charge is 2.26. The summed E-state index contributed by atoms with van der Waals surface area (Å²) in [7, 11) is -3.74. The number of carbonyl (C=O) groups is 1. The first kappa shape index (κ1) is 23.5. The number of hydrogen-bond donors (Lipinski definition) is 0. The van der Waals surface area contributed by atoms with Gasteiger partial charge in [-0.15, -0.1) is 11.3 Å². The van der Waals surface area contributed by atoms with Crippen molar-refractivity contribution in [1.82, 2.24) is 4.90 Å². The van der Waals surface area contributed by atoms with E-state index in [1.54, 1.807) is 47.4 Å². The van der Waals surface area contributed by atoms with Crippen LogP contribution in [-0.2, 0) is 21.3 Å². The fourth-order valence-corrected chi connectivity index (χ4v) is 6.20. The average molecular weight is 485 g/mol. The van der Waals surface area contributed by atoms with Crippen molar-refractivity contribution in [3.05, 3.63) is 82.6 Å². The average Bonchev–Trinajstić information content (AvgIpc) is 3.54. The molecule has 8 heteroatoms. The van der Waals surface area contributed by atoms with Crippen LogP contribution in [0.5, 0.6) is 0 Å². The monoisotopic (exact) mass is 484 g/mol. The number of sulfonamides is 1. The highest BCUT2D eigenvalue weighted by Crippen LogP contribution is 2.24. The Morgan fingerprint density at radius 1 is 1.06 bits per heavy atom. The summed E-state index contributed by atoms with van der Waals surface area (Å²) in [5, 5.41) is 2.00. The second-order valence-corrected chi connectivity index (χ2v) is 10.8. The number of anilines is 1. The predicted molar refractivity (Wildman–Crippen MR) is 131 cm³/mol. The van der Waals surface area contributed by atoms with E-state index in [1.807, 2.05) is 35.7 Å². The van der Waals surface area contributed by atoms with Crippen molar-refractivity contribution in [3.8, 4) is 0 Å². The van der Waals surface area contributed by atoms with Crippen molar-refractivity contribution in [2.45, 2.75) is 37.3 Å². The quantitative estimate of drug-likeness (QED) is 0.438. The fraction of sp³-hybridized carbons (Fsp3) is 0.320. The molecule has 1 saturated heterocycles. The van der Waals surface area contributed by atoms with Gasteiger partial charge in [-0.25, -0.2) is 8.42 Å². The van der Waals surface area contributed by atoms with E-state index in [2.05, 4.69) is 0 Å². The molecule has 0 radical (unpaired) electrons. The molecule has 1 aromatic heterocycles. The summed E-state index contributed by atoms with van der Waals surface area (Å²) in [5.74, 6) is -0.127. The molecular weight excluding hydrogens is 456 g/mol. The van der Waals surface area contributed by atoms with Gasteiger partial charge in [-0.05, 0) is 67.6 Å². The van der Waals surface area contributed by atoms with Crippen LogP contribution in [0.25, 0.3) is 0 Å². The number of thiophene rings is 1. The zero-order chi connectivity index (χ0) is 23.3. The Morgan fingerprint density at radius 3 is 2.42 bits per heavy atom. The summed E-state index contributed by atoms with van der Waals surface area (Å²) in [6.45, 7) is 3.87. The molecule has 0 spiro atoms. The number of rotatable bonds is 9. The van der Waals surface area contributed by atoms with Gasteiger partial charge in [0.15, 0.2) is 0 Å². The molecule has 1 atom stereocenters. The molecule has 0 saturated carbocycles. The minimum absolute atomic E-state index is 0.0394. The third-order valence-corrected chi connectivity index (χ3v) is 8.46. The lowest BCUT2D eigenvalue weighted by Gasteiger charge is -2.25. The SMILES string of the molecule is CCN(c1ccccc1)S(=O)(=O)c1ccc(C(=O)N(Cc2cccs2)CC2CCCO2)cc1. The Labute approximate surface area is 199 Å². The maximum absolute atomic E-state index is 13.3. The van der Waals surface area contributed by atoms with Crippen molar-refractivity contribution in [3.63, 3.8) is 0 Å². The third kappa shape index (κ3) is 5.46. The predicted octanol–water partition coefficient (Wildman–Crippen LogP) is 4.78. The van der Waals surface area contributed by atoms with Crippen molar-refractivity contribution in [2.24, 2.45) is 0 Å². The lowest BCUT2D eigenvalue weighted by molar-refractivity contribution is 0.0509. The Bertz CT molecular complexity index is 1140. The van der Waals surface area contributed by atoms with Crippen LogP contribution in [0.3, 0.4) is 0 Å². The van der Waals surface area contributed by atoms with Gasteiger partial charge in [0, 0.05) is 30.1 Å². The molecule has 2 aromatic carbocycles. The van der Waals surface area contributed by atoms with Gasteiger partial charge in [0.1, 0.15) is 0 Å². The zero-order valence-corrected chi connectivity index (χ0v) is 20.2. The molecule has 0 aliphatic carbocycles. The van der Waals surface area contributed by atoms with E-state index in [-0.39, 0.29) is 16.9 Å². The van der Waals surface area contributed by atoms with Crippen molar-refractivity contribution in [1.29, 1.82) is 0 Å². The molecule has 1 unspecified atom stereocenters. The topological polar surface area (TPSA) is 66.9 Å².